The second-order valence-electron chi connectivity index (χ2n) is 4.03. The summed E-state index contributed by atoms with van der Waals surface area (Å²) in [5, 5.41) is 30.9. The van der Waals surface area contributed by atoms with Crippen LogP contribution in [0.4, 0.5) is 0 Å². The molecule has 0 heterocycles. The molecule has 0 aromatic heterocycles. The summed E-state index contributed by atoms with van der Waals surface area (Å²) >= 11 is 0. The molecule has 0 amide bonds. The molecule has 0 fully saturated rings. The third-order valence-electron chi connectivity index (χ3n) is 1.49. The first kappa shape index (κ1) is 28.1. The van der Waals surface area contributed by atoms with Gasteiger partial charge in [-0.25, -0.2) is 0 Å². The van der Waals surface area contributed by atoms with Crippen LogP contribution in [0.3, 0.4) is 0 Å². The van der Waals surface area contributed by atoms with E-state index in [1.54, 1.807) is 0 Å². The molecular formula is C14H28O8. The lowest BCUT2D eigenvalue weighted by Gasteiger charge is -1.85. The number of carboxylic acid groups (broad SMARTS) is 4. The highest BCUT2D eigenvalue weighted by molar-refractivity contribution is 5.66. The maximum atomic E-state index is 9.76. The second kappa shape index (κ2) is 23.9. The molecule has 0 aliphatic rings. The summed E-state index contributed by atoms with van der Waals surface area (Å²) < 4.78 is 0. The van der Waals surface area contributed by atoms with Crippen molar-refractivity contribution in [2.24, 2.45) is 0 Å². The topological polar surface area (TPSA) is 149 Å². The molecular weight excluding hydrogens is 296 g/mol. The molecule has 8 heteroatoms. The van der Waals surface area contributed by atoms with Gasteiger partial charge in [0, 0.05) is 26.7 Å². The largest absolute Gasteiger partial charge is 0.481 e. The summed E-state index contributed by atoms with van der Waals surface area (Å²) in [4.78, 5) is 37.5. The van der Waals surface area contributed by atoms with Gasteiger partial charge in [0.25, 0.3) is 11.9 Å². The Morgan fingerprint density at radius 2 is 0.818 bits per heavy atom. The molecule has 0 aliphatic heterocycles. The van der Waals surface area contributed by atoms with E-state index < -0.39 is 23.9 Å². The zero-order chi connectivity index (χ0) is 18.6. The second-order valence-corrected chi connectivity index (χ2v) is 4.03. The lowest BCUT2D eigenvalue weighted by atomic mass is 10.3. The Labute approximate surface area is 130 Å². The molecule has 0 aliphatic carbocycles. The fourth-order valence-corrected chi connectivity index (χ4v) is 0.656. The van der Waals surface area contributed by atoms with Crippen molar-refractivity contribution in [3.05, 3.63) is 0 Å². The predicted molar refractivity (Wildman–Crippen MR) is 80.9 cm³/mol. The standard InChI is InChI=1S/2C5H10O2.2C2H4O2/c2*1-2-3-4-5(6)7;2*1-2(3)4/h2*2-4H2,1H3,(H,6,7);2*1H3,(H,3,4). The molecule has 4 N–H and O–H groups in total. The minimum Gasteiger partial charge on any atom is -0.481 e. The van der Waals surface area contributed by atoms with Crippen LogP contribution < -0.4 is 0 Å². The van der Waals surface area contributed by atoms with Gasteiger partial charge in [-0.2, -0.15) is 0 Å². The van der Waals surface area contributed by atoms with Gasteiger partial charge >= 0.3 is 11.9 Å². The Bertz CT molecular complexity index is 261. The molecule has 0 aromatic rings. The van der Waals surface area contributed by atoms with Crippen molar-refractivity contribution in [1.82, 2.24) is 0 Å². The summed E-state index contributed by atoms with van der Waals surface area (Å²) in [5.74, 6) is -3.05. The molecule has 0 saturated heterocycles. The van der Waals surface area contributed by atoms with Crippen LogP contribution in [0.1, 0.15) is 66.2 Å². The fraction of sp³-hybridized carbons (Fsp3) is 0.714. The summed E-state index contributed by atoms with van der Waals surface area (Å²) in [6, 6.07) is 0. The van der Waals surface area contributed by atoms with Gasteiger partial charge in [-0.1, -0.05) is 26.7 Å². The molecule has 0 saturated carbocycles. The van der Waals surface area contributed by atoms with Crippen molar-refractivity contribution in [3.8, 4) is 0 Å². The number of rotatable bonds is 6. The first-order valence-electron chi connectivity index (χ1n) is 6.83. The lowest BCUT2D eigenvalue weighted by Crippen LogP contribution is -1.91. The molecule has 0 atom stereocenters. The summed E-state index contributed by atoms with van der Waals surface area (Å²) in [6.07, 6.45) is 4.16. The van der Waals surface area contributed by atoms with Crippen molar-refractivity contribution in [3.63, 3.8) is 0 Å². The lowest BCUT2D eigenvalue weighted by molar-refractivity contribution is -0.138. The highest BCUT2D eigenvalue weighted by Crippen LogP contribution is 1.91. The van der Waals surface area contributed by atoms with Gasteiger partial charge in [-0.3, -0.25) is 19.2 Å². The number of carbonyl (C=O) groups is 4. The normalized spacial score (nSPS) is 7.82. The number of aliphatic carboxylic acids is 4. The Balaban J connectivity index is -0.000000102. The van der Waals surface area contributed by atoms with Crippen molar-refractivity contribution in [2.45, 2.75) is 66.2 Å². The average molecular weight is 324 g/mol. The smallest absolute Gasteiger partial charge is 0.303 e. The van der Waals surface area contributed by atoms with Crippen LogP contribution in [-0.2, 0) is 19.2 Å². The van der Waals surface area contributed by atoms with E-state index in [4.69, 9.17) is 30.0 Å². The molecule has 0 aromatic carbocycles. The molecule has 0 radical (unpaired) electrons. The van der Waals surface area contributed by atoms with Crippen molar-refractivity contribution in [2.75, 3.05) is 0 Å². The number of hydrogen-bond acceptors (Lipinski definition) is 4. The van der Waals surface area contributed by atoms with Crippen LogP contribution in [0.2, 0.25) is 0 Å². The Hall–Kier alpha value is -2.12. The van der Waals surface area contributed by atoms with Gasteiger partial charge in [-0.15, -0.1) is 0 Å². The zero-order valence-electron chi connectivity index (χ0n) is 13.7. The van der Waals surface area contributed by atoms with E-state index in [9.17, 15) is 9.59 Å². The van der Waals surface area contributed by atoms with E-state index in [1.165, 1.54) is 0 Å². The molecule has 132 valence electrons. The van der Waals surface area contributed by atoms with E-state index in [1.807, 2.05) is 13.8 Å². The maximum absolute atomic E-state index is 9.76. The van der Waals surface area contributed by atoms with Crippen LogP contribution in [0, 0.1) is 0 Å². The number of carboxylic acids is 4. The van der Waals surface area contributed by atoms with Gasteiger partial charge in [0.1, 0.15) is 0 Å². The maximum Gasteiger partial charge on any atom is 0.303 e. The van der Waals surface area contributed by atoms with Crippen LogP contribution >= 0.6 is 0 Å². The van der Waals surface area contributed by atoms with Gasteiger partial charge in [0.05, 0.1) is 0 Å². The molecule has 0 rings (SSSR count). The molecule has 0 unspecified atom stereocenters. The molecule has 0 spiro atoms. The Kier molecular flexibility index (Phi) is 30.6. The molecule has 22 heavy (non-hydrogen) atoms. The highest BCUT2D eigenvalue weighted by atomic mass is 16.4. The predicted octanol–water partition coefficient (Wildman–Crippen LogP) is 2.70. The summed E-state index contributed by atoms with van der Waals surface area (Å²) in [7, 11) is 0. The van der Waals surface area contributed by atoms with Crippen LogP contribution in [0.5, 0.6) is 0 Å². The van der Waals surface area contributed by atoms with E-state index in [0.29, 0.717) is 12.8 Å². The summed E-state index contributed by atoms with van der Waals surface area (Å²) in [6.45, 7) is 6.12. The van der Waals surface area contributed by atoms with Gasteiger partial charge in [-0.05, 0) is 12.8 Å². The average Bonchev–Trinajstić information content (AvgIpc) is 2.33. The van der Waals surface area contributed by atoms with E-state index in [2.05, 4.69) is 0 Å². The molecule has 8 nitrogen and oxygen atoms in total. The highest BCUT2D eigenvalue weighted by Gasteiger charge is 1.91. The third kappa shape index (κ3) is 147. The van der Waals surface area contributed by atoms with Crippen LogP contribution in [0.25, 0.3) is 0 Å². The van der Waals surface area contributed by atoms with Gasteiger partial charge < -0.3 is 20.4 Å². The van der Waals surface area contributed by atoms with Gasteiger partial charge in [0.15, 0.2) is 0 Å². The Morgan fingerprint density at radius 1 is 0.636 bits per heavy atom. The number of hydrogen-bond donors (Lipinski definition) is 4. The number of unbranched alkanes of at least 4 members (excludes halogenated alkanes) is 2. The third-order valence-corrected chi connectivity index (χ3v) is 1.49. The van der Waals surface area contributed by atoms with Crippen molar-refractivity contribution >= 4 is 23.9 Å². The van der Waals surface area contributed by atoms with Crippen molar-refractivity contribution in [1.29, 1.82) is 0 Å². The first-order chi connectivity index (χ1) is 10.0. The SMILES string of the molecule is CC(=O)O.CC(=O)O.CCCCC(=O)O.CCCCC(=O)O. The van der Waals surface area contributed by atoms with Crippen LogP contribution in [0.15, 0.2) is 0 Å². The monoisotopic (exact) mass is 324 g/mol. The Morgan fingerprint density at radius 3 is 0.864 bits per heavy atom. The van der Waals surface area contributed by atoms with E-state index in [0.717, 1.165) is 39.5 Å². The fourth-order valence-electron chi connectivity index (χ4n) is 0.656. The first-order valence-corrected chi connectivity index (χ1v) is 6.83. The van der Waals surface area contributed by atoms with Gasteiger partial charge in [0.2, 0.25) is 0 Å². The van der Waals surface area contributed by atoms with E-state index in [-0.39, 0.29) is 0 Å². The minimum absolute atomic E-state index is 0.316. The zero-order valence-corrected chi connectivity index (χ0v) is 13.7. The molecule has 0 bridgehead atoms. The van der Waals surface area contributed by atoms with Crippen LogP contribution in [-0.4, -0.2) is 44.3 Å². The quantitative estimate of drug-likeness (QED) is 0.582. The van der Waals surface area contributed by atoms with E-state index >= 15 is 0 Å². The minimum atomic E-state index is -0.833. The van der Waals surface area contributed by atoms with Crippen molar-refractivity contribution < 1.29 is 39.6 Å². The summed E-state index contributed by atoms with van der Waals surface area (Å²) in [5.41, 5.74) is 0.